The highest BCUT2D eigenvalue weighted by atomic mass is 35.5. The van der Waals surface area contributed by atoms with Crippen molar-refractivity contribution in [1.29, 1.82) is 0 Å². The maximum Gasteiger partial charge on any atom is 0.271 e. The minimum Gasteiger partial charge on any atom is -0.267 e. The molecule has 0 aliphatic carbocycles. The van der Waals surface area contributed by atoms with Gasteiger partial charge in [0, 0.05) is 21.2 Å². The van der Waals surface area contributed by atoms with Crippen LogP contribution in [0.5, 0.6) is 0 Å². The number of hydrazone groups is 1. The molecule has 1 N–H and O–H groups in total. The number of hydrogen-bond acceptors (Lipinski definition) is 6. The molecule has 4 aromatic rings. The lowest BCUT2D eigenvalue weighted by Gasteiger charge is -2.08. The van der Waals surface area contributed by atoms with Crippen LogP contribution in [-0.2, 0) is 6.54 Å². The lowest BCUT2D eigenvalue weighted by atomic mass is 10.2. The largest absolute Gasteiger partial charge is 0.271 e. The zero-order valence-electron chi connectivity index (χ0n) is 16.6. The van der Waals surface area contributed by atoms with Gasteiger partial charge in [0.15, 0.2) is 0 Å². The molecule has 0 aliphatic rings. The average molecular weight is 490 g/mol. The van der Waals surface area contributed by atoms with Crippen molar-refractivity contribution in [3.63, 3.8) is 0 Å². The van der Waals surface area contributed by atoms with E-state index in [0.717, 1.165) is 5.69 Å². The van der Waals surface area contributed by atoms with Crippen molar-refractivity contribution in [1.82, 2.24) is 35.4 Å². The van der Waals surface area contributed by atoms with Gasteiger partial charge in [-0.25, -0.2) is 14.8 Å². The van der Waals surface area contributed by atoms with E-state index in [-0.39, 0.29) is 5.91 Å². The Morgan fingerprint density at radius 3 is 2.50 bits per heavy atom. The van der Waals surface area contributed by atoms with Crippen LogP contribution in [0.15, 0.2) is 53.9 Å². The monoisotopic (exact) mass is 488 g/mol. The van der Waals surface area contributed by atoms with Crippen LogP contribution < -0.4 is 5.43 Å². The molecule has 0 atom stereocenters. The first-order valence-electron chi connectivity index (χ1n) is 9.26. The molecule has 32 heavy (non-hydrogen) atoms. The summed E-state index contributed by atoms with van der Waals surface area (Å²) < 4.78 is 3.06. The second-order valence-corrected chi connectivity index (χ2v) is 7.82. The van der Waals surface area contributed by atoms with Crippen molar-refractivity contribution < 1.29 is 4.79 Å². The molecular formula is C20H15Cl3N8O. The number of aryl methyl sites for hydroxylation is 1. The number of carbonyl (C=O) groups excluding carboxylic acids is 1. The summed E-state index contributed by atoms with van der Waals surface area (Å²) in [6.45, 7) is 2.09. The van der Waals surface area contributed by atoms with E-state index >= 15 is 0 Å². The number of hydrogen-bond donors (Lipinski definition) is 1. The second kappa shape index (κ2) is 9.47. The molecule has 0 aliphatic heterocycles. The van der Waals surface area contributed by atoms with Gasteiger partial charge in [-0.1, -0.05) is 40.9 Å². The van der Waals surface area contributed by atoms with E-state index < -0.39 is 0 Å². The summed E-state index contributed by atoms with van der Waals surface area (Å²) in [6, 6.07) is 12.0. The SMILES string of the molecule is Cc1nn(Cc2c(Cl)cccc2Cl)c(Cl)c1/C=N/NC(=O)c1ccc(-n2cnnn2)cc1. The number of carbonyl (C=O) groups is 1. The van der Waals surface area contributed by atoms with Crippen molar-refractivity contribution in [2.24, 2.45) is 5.10 Å². The van der Waals surface area contributed by atoms with Gasteiger partial charge in [0.25, 0.3) is 5.91 Å². The molecule has 4 rings (SSSR count). The van der Waals surface area contributed by atoms with Gasteiger partial charge in [-0.3, -0.25) is 4.79 Å². The van der Waals surface area contributed by atoms with Crippen LogP contribution in [-0.4, -0.2) is 42.1 Å². The fourth-order valence-electron chi connectivity index (χ4n) is 2.92. The Labute approximate surface area is 197 Å². The molecule has 162 valence electrons. The first-order valence-corrected chi connectivity index (χ1v) is 10.4. The molecule has 0 saturated heterocycles. The van der Waals surface area contributed by atoms with Crippen molar-refractivity contribution in [2.75, 3.05) is 0 Å². The van der Waals surface area contributed by atoms with Gasteiger partial charge in [-0.05, 0) is 53.7 Å². The molecule has 2 aromatic carbocycles. The summed E-state index contributed by atoms with van der Waals surface area (Å²) in [5.41, 5.74) is 5.55. The minimum atomic E-state index is -0.381. The minimum absolute atomic E-state index is 0.298. The fourth-order valence-corrected chi connectivity index (χ4v) is 3.72. The molecule has 0 saturated carbocycles. The lowest BCUT2D eigenvalue weighted by molar-refractivity contribution is 0.0955. The standard InChI is InChI=1S/C20H15Cl3N8O/c1-12-15(19(23)30(27-12)10-16-17(21)3-2-4-18(16)22)9-24-26-20(32)13-5-7-14(8-6-13)31-11-25-28-29-31/h2-9,11H,10H2,1H3,(H,26,32)/b24-9+. The number of benzene rings is 2. The summed E-state index contributed by atoms with van der Waals surface area (Å²) in [4.78, 5) is 12.4. The quantitative estimate of drug-likeness (QED) is 0.326. The van der Waals surface area contributed by atoms with Gasteiger partial charge in [0.1, 0.15) is 11.5 Å². The highest BCUT2D eigenvalue weighted by molar-refractivity contribution is 6.36. The summed E-state index contributed by atoms with van der Waals surface area (Å²) >= 11 is 19.0. The van der Waals surface area contributed by atoms with Crippen LogP contribution in [0.4, 0.5) is 0 Å². The molecule has 0 radical (unpaired) electrons. The predicted molar refractivity (Wildman–Crippen MR) is 122 cm³/mol. The van der Waals surface area contributed by atoms with E-state index in [0.29, 0.717) is 44.1 Å². The summed E-state index contributed by atoms with van der Waals surface area (Å²) in [5.74, 6) is -0.381. The highest BCUT2D eigenvalue weighted by Crippen LogP contribution is 2.27. The van der Waals surface area contributed by atoms with Crippen LogP contribution in [0.1, 0.15) is 27.2 Å². The number of aromatic nitrogens is 6. The zero-order chi connectivity index (χ0) is 22.7. The van der Waals surface area contributed by atoms with Crippen molar-refractivity contribution in [3.8, 4) is 5.69 Å². The molecule has 0 unspecified atom stereocenters. The number of nitrogens with zero attached hydrogens (tertiary/aromatic N) is 7. The van der Waals surface area contributed by atoms with Crippen LogP contribution >= 0.6 is 34.8 Å². The molecule has 1 amide bonds. The summed E-state index contributed by atoms with van der Waals surface area (Å²) in [6.07, 6.45) is 2.91. The van der Waals surface area contributed by atoms with Crippen molar-refractivity contribution in [2.45, 2.75) is 13.5 Å². The lowest BCUT2D eigenvalue weighted by Crippen LogP contribution is -2.17. The number of rotatable bonds is 6. The Kier molecular flexibility index (Phi) is 6.50. The Morgan fingerprint density at radius 1 is 1.12 bits per heavy atom. The third-order valence-electron chi connectivity index (χ3n) is 4.58. The predicted octanol–water partition coefficient (Wildman–Crippen LogP) is 3.94. The maximum atomic E-state index is 12.4. The first-order chi connectivity index (χ1) is 15.4. The molecule has 2 heterocycles. The van der Waals surface area contributed by atoms with E-state index in [1.165, 1.54) is 17.2 Å². The molecule has 12 heteroatoms. The summed E-state index contributed by atoms with van der Waals surface area (Å²) in [5, 5.41) is 20.8. The van der Waals surface area contributed by atoms with Crippen LogP contribution in [0, 0.1) is 6.92 Å². The average Bonchev–Trinajstić information content (AvgIpc) is 3.41. The van der Waals surface area contributed by atoms with Gasteiger partial charge >= 0.3 is 0 Å². The van der Waals surface area contributed by atoms with Gasteiger partial charge < -0.3 is 0 Å². The third kappa shape index (κ3) is 4.64. The Balaban J connectivity index is 1.45. The van der Waals surface area contributed by atoms with Gasteiger partial charge in [-0.2, -0.15) is 10.2 Å². The highest BCUT2D eigenvalue weighted by Gasteiger charge is 2.15. The first kappa shape index (κ1) is 21.9. The normalized spacial score (nSPS) is 11.2. The topological polar surface area (TPSA) is 103 Å². The van der Waals surface area contributed by atoms with E-state index in [9.17, 15) is 4.79 Å². The van der Waals surface area contributed by atoms with E-state index in [1.54, 1.807) is 54.1 Å². The molecule has 9 nitrogen and oxygen atoms in total. The summed E-state index contributed by atoms with van der Waals surface area (Å²) in [7, 11) is 0. The Morgan fingerprint density at radius 2 is 1.84 bits per heavy atom. The number of nitrogens with one attached hydrogen (secondary N) is 1. The molecule has 0 bridgehead atoms. The van der Waals surface area contributed by atoms with Crippen molar-refractivity contribution in [3.05, 3.63) is 86.4 Å². The molecular weight excluding hydrogens is 475 g/mol. The van der Waals surface area contributed by atoms with Crippen LogP contribution in [0.25, 0.3) is 5.69 Å². The van der Waals surface area contributed by atoms with Gasteiger partial charge in [0.05, 0.1) is 29.7 Å². The third-order valence-corrected chi connectivity index (χ3v) is 5.69. The van der Waals surface area contributed by atoms with Crippen LogP contribution in [0.3, 0.4) is 0 Å². The molecule has 0 fully saturated rings. The van der Waals surface area contributed by atoms with Gasteiger partial charge in [-0.15, -0.1) is 5.10 Å². The van der Waals surface area contributed by atoms with E-state index in [4.69, 9.17) is 34.8 Å². The second-order valence-electron chi connectivity index (χ2n) is 6.65. The van der Waals surface area contributed by atoms with Crippen molar-refractivity contribution >= 4 is 46.9 Å². The Bertz CT molecular complexity index is 1260. The molecule has 2 aromatic heterocycles. The van der Waals surface area contributed by atoms with E-state index in [1.807, 2.05) is 0 Å². The number of halogens is 3. The zero-order valence-corrected chi connectivity index (χ0v) is 18.8. The fraction of sp³-hybridized carbons (Fsp3) is 0.100. The van der Waals surface area contributed by atoms with Gasteiger partial charge in [0.2, 0.25) is 0 Å². The number of amides is 1. The maximum absolute atomic E-state index is 12.4. The van der Waals surface area contributed by atoms with E-state index in [2.05, 4.69) is 31.2 Å². The smallest absolute Gasteiger partial charge is 0.267 e. The van der Waals surface area contributed by atoms with Crippen LogP contribution in [0.2, 0.25) is 15.2 Å². The number of tetrazole rings is 1. The Hall–Kier alpha value is -3.27. The molecule has 0 spiro atoms.